The smallest absolute Gasteiger partial charge is 0.317 e. The molecule has 1 N–H and O–H groups in total. The summed E-state index contributed by atoms with van der Waals surface area (Å²) in [6.07, 6.45) is 3.76. The van der Waals surface area contributed by atoms with Gasteiger partial charge in [0.05, 0.1) is 23.7 Å². The van der Waals surface area contributed by atoms with Crippen LogP contribution < -0.4 is 5.32 Å². The summed E-state index contributed by atoms with van der Waals surface area (Å²) in [6, 6.07) is 16.1. The lowest BCUT2D eigenvalue weighted by Gasteiger charge is -2.34. The van der Waals surface area contributed by atoms with Crippen LogP contribution in [-0.2, 0) is 19.6 Å². The number of nitriles is 1. The van der Waals surface area contributed by atoms with Crippen molar-refractivity contribution in [3.63, 3.8) is 0 Å². The molecule has 170 valence electrons. The molecule has 0 atom stereocenters. The molecule has 7 heteroatoms. The first kappa shape index (κ1) is 22.6. The highest BCUT2D eigenvalue weighted by Gasteiger charge is 2.22. The number of nitrogens with zero attached hydrogens (tertiary/aromatic N) is 5. The lowest BCUT2D eigenvalue weighted by molar-refractivity contribution is 0.133. The van der Waals surface area contributed by atoms with E-state index in [0.717, 1.165) is 43.0 Å². The quantitative estimate of drug-likeness (QED) is 0.634. The molecule has 1 saturated heterocycles. The zero-order valence-electron chi connectivity index (χ0n) is 19.3. The Bertz CT molecular complexity index is 1140. The largest absolute Gasteiger partial charge is 0.334 e. The first-order chi connectivity index (χ1) is 16.0. The maximum absolute atomic E-state index is 12.7. The number of imidazole rings is 1. The fraction of sp³-hybridized carbons (Fsp3) is 0.346. The average molecular weight is 443 g/mol. The molecule has 2 aromatic carbocycles. The highest BCUT2D eigenvalue weighted by molar-refractivity contribution is 5.74. The van der Waals surface area contributed by atoms with Crippen LogP contribution in [-0.4, -0.2) is 51.6 Å². The van der Waals surface area contributed by atoms with Gasteiger partial charge in [0.2, 0.25) is 0 Å². The topological polar surface area (TPSA) is 77.2 Å². The Morgan fingerprint density at radius 1 is 1.06 bits per heavy atom. The molecule has 2 amide bonds. The second kappa shape index (κ2) is 10.3. The molecule has 7 nitrogen and oxygen atoms in total. The Labute approximate surface area is 195 Å². The van der Waals surface area contributed by atoms with Crippen LogP contribution in [0.4, 0.5) is 4.79 Å². The predicted octanol–water partition coefficient (Wildman–Crippen LogP) is 3.45. The SMILES string of the molecule is Cc1ccc(C)c(CNC(=O)N2CCN(Cc3cncn3Cc3ccc(C#N)cc3)CC2)c1. The molecule has 4 rings (SSSR count). The summed E-state index contributed by atoms with van der Waals surface area (Å²) in [5.74, 6) is 0. The maximum atomic E-state index is 12.7. The second-order valence-corrected chi connectivity index (χ2v) is 8.67. The minimum atomic E-state index is 0.00131. The molecule has 0 bridgehead atoms. The summed E-state index contributed by atoms with van der Waals surface area (Å²) >= 11 is 0. The van der Waals surface area contributed by atoms with Gasteiger partial charge in [-0.25, -0.2) is 9.78 Å². The standard InChI is InChI=1S/C26H30N6O/c1-20-3-4-21(2)24(13-20)15-29-26(33)31-11-9-30(10-12-31)18-25-16-28-19-32(25)17-23-7-5-22(14-27)6-8-23/h3-8,13,16,19H,9-12,15,17-18H2,1-2H3,(H,29,33). The van der Waals surface area contributed by atoms with Gasteiger partial charge in [0.15, 0.2) is 0 Å². The molecular formula is C26H30N6O. The molecular weight excluding hydrogens is 412 g/mol. The predicted molar refractivity (Wildman–Crippen MR) is 127 cm³/mol. The van der Waals surface area contributed by atoms with Gasteiger partial charge in [-0.15, -0.1) is 0 Å². The summed E-state index contributed by atoms with van der Waals surface area (Å²) in [5.41, 5.74) is 6.52. The Morgan fingerprint density at radius 3 is 2.55 bits per heavy atom. The number of urea groups is 1. The molecule has 1 aliphatic rings. The van der Waals surface area contributed by atoms with E-state index in [9.17, 15) is 4.79 Å². The molecule has 1 aliphatic heterocycles. The van der Waals surface area contributed by atoms with Gasteiger partial charge in [-0.1, -0.05) is 35.9 Å². The number of piperazine rings is 1. The van der Waals surface area contributed by atoms with E-state index in [1.54, 1.807) is 0 Å². The van der Waals surface area contributed by atoms with Gasteiger partial charge in [-0.05, 0) is 42.7 Å². The molecule has 0 unspecified atom stereocenters. The van der Waals surface area contributed by atoms with Gasteiger partial charge in [0.25, 0.3) is 0 Å². The molecule has 0 saturated carbocycles. The molecule has 0 radical (unpaired) electrons. The van der Waals surface area contributed by atoms with Gasteiger partial charge >= 0.3 is 6.03 Å². The Hall–Kier alpha value is -3.63. The number of nitrogens with one attached hydrogen (secondary N) is 1. The summed E-state index contributed by atoms with van der Waals surface area (Å²) in [6.45, 7) is 9.31. The minimum absolute atomic E-state index is 0.00131. The van der Waals surface area contributed by atoms with Crippen LogP contribution in [0.3, 0.4) is 0 Å². The fourth-order valence-corrected chi connectivity index (χ4v) is 4.12. The number of carbonyl (C=O) groups is 1. The van der Waals surface area contributed by atoms with Crippen LogP contribution >= 0.6 is 0 Å². The van der Waals surface area contributed by atoms with Gasteiger partial charge in [-0.3, -0.25) is 4.90 Å². The molecule has 2 heterocycles. The van der Waals surface area contributed by atoms with Crippen LogP contribution in [0.1, 0.15) is 33.5 Å². The summed E-state index contributed by atoms with van der Waals surface area (Å²) in [7, 11) is 0. The summed E-state index contributed by atoms with van der Waals surface area (Å²) in [5, 5.41) is 12.0. The highest BCUT2D eigenvalue weighted by atomic mass is 16.2. The number of aromatic nitrogens is 2. The first-order valence-electron chi connectivity index (χ1n) is 11.3. The van der Waals surface area contributed by atoms with Crippen LogP contribution in [0.2, 0.25) is 0 Å². The van der Waals surface area contributed by atoms with Crippen molar-refractivity contribution in [1.82, 2.24) is 24.7 Å². The van der Waals surface area contributed by atoms with Crippen molar-refractivity contribution in [3.05, 3.63) is 88.5 Å². The lowest BCUT2D eigenvalue weighted by atomic mass is 10.1. The highest BCUT2D eigenvalue weighted by Crippen LogP contribution is 2.13. The Balaban J connectivity index is 1.26. The number of benzene rings is 2. The summed E-state index contributed by atoms with van der Waals surface area (Å²) in [4.78, 5) is 21.3. The summed E-state index contributed by atoms with van der Waals surface area (Å²) < 4.78 is 2.14. The van der Waals surface area contributed by atoms with E-state index >= 15 is 0 Å². The zero-order chi connectivity index (χ0) is 23.2. The third-order valence-corrected chi connectivity index (χ3v) is 6.21. The van der Waals surface area contributed by atoms with Crippen LogP contribution in [0.5, 0.6) is 0 Å². The number of aryl methyl sites for hydroxylation is 2. The van der Waals surface area contributed by atoms with E-state index in [1.165, 1.54) is 11.1 Å². The van der Waals surface area contributed by atoms with Crippen LogP contribution in [0.15, 0.2) is 55.0 Å². The minimum Gasteiger partial charge on any atom is -0.334 e. The van der Waals surface area contributed by atoms with Crippen molar-refractivity contribution < 1.29 is 4.79 Å². The van der Waals surface area contributed by atoms with Crippen molar-refractivity contribution in [2.75, 3.05) is 26.2 Å². The van der Waals surface area contributed by atoms with Gasteiger partial charge < -0.3 is 14.8 Å². The number of rotatable bonds is 6. The monoisotopic (exact) mass is 442 g/mol. The number of carbonyl (C=O) groups excluding carboxylic acids is 1. The number of amides is 2. The van der Waals surface area contributed by atoms with Crippen molar-refractivity contribution in [3.8, 4) is 6.07 Å². The lowest BCUT2D eigenvalue weighted by Crippen LogP contribution is -2.51. The van der Waals surface area contributed by atoms with Crippen molar-refractivity contribution >= 4 is 6.03 Å². The Kier molecular flexibility index (Phi) is 7.06. The number of hydrogen-bond acceptors (Lipinski definition) is 4. The molecule has 1 aromatic heterocycles. The Morgan fingerprint density at radius 2 is 1.82 bits per heavy atom. The average Bonchev–Trinajstić information content (AvgIpc) is 3.26. The van der Waals surface area contributed by atoms with E-state index in [1.807, 2.05) is 41.7 Å². The van der Waals surface area contributed by atoms with E-state index in [-0.39, 0.29) is 6.03 Å². The molecule has 33 heavy (non-hydrogen) atoms. The van der Waals surface area contributed by atoms with E-state index in [2.05, 4.69) is 57.9 Å². The fourth-order valence-electron chi connectivity index (χ4n) is 4.12. The van der Waals surface area contributed by atoms with Gasteiger partial charge in [0, 0.05) is 52.0 Å². The van der Waals surface area contributed by atoms with Crippen LogP contribution in [0, 0.1) is 25.2 Å². The molecule has 3 aromatic rings. The third-order valence-electron chi connectivity index (χ3n) is 6.21. The van der Waals surface area contributed by atoms with Crippen molar-refractivity contribution in [2.45, 2.75) is 33.5 Å². The maximum Gasteiger partial charge on any atom is 0.317 e. The molecule has 0 aliphatic carbocycles. The van der Waals surface area contributed by atoms with Crippen molar-refractivity contribution in [1.29, 1.82) is 5.26 Å². The van der Waals surface area contributed by atoms with Gasteiger partial charge in [0.1, 0.15) is 0 Å². The first-order valence-corrected chi connectivity index (χ1v) is 11.3. The normalized spacial score (nSPS) is 14.2. The molecule has 1 fully saturated rings. The number of hydrogen-bond donors (Lipinski definition) is 1. The van der Waals surface area contributed by atoms with E-state index < -0.39 is 0 Å². The zero-order valence-corrected chi connectivity index (χ0v) is 19.3. The van der Waals surface area contributed by atoms with Crippen molar-refractivity contribution in [2.24, 2.45) is 0 Å². The van der Waals surface area contributed by atoms with Gasteiger partial charge in [-0.2, -0.15) is 5.26 Å². The van der Waals surface area contributed by atoms with E-state index in [0.29, 0.717) is 25.2 Å². The second-order valence-electron chi connectivity index (χ2n) is 8.67. The molecule has 0 spiro atoms. The van der Waals surface area contributed by atoms with Crippen LogP contribution in [0.25, 0.3) is 0 Å². The third kappa shape index (κ3) is 5.79. The van der Waals surface area contributed by atoms with E-state index in [4.69, 9.17) is 5.26 Å².